The summed E-state index contributed by atoms with van der Waals surface area (Å²) in [5.41, 5.74) is 3.70. The molecule has 0 aliphatic rings. The molecule has 0 aliphatic carbocycles. The summed E-state index contributed by atoms with van der Waals surface area (Å²) in [6.45, 7) is 3.74. The molecular weight excluding hydrogens is 318 g/mol. The van der Waals surface area contributed by atoms with Gasteiger partial charge in [0.15, 0.2) is 0 Å². The third-order valence-corrected chi connectivity index (χ3v) is 4.38. The van der Waals surface area contributed by atoms with Crippen molar-refractivity contribution < 1.29 is 4.39 Å². The van der Waals surface area contributed by atoms with Crippen molar-refractivity contribution in [3.63, 3.8) is 0 Å². The molecule has 4 heteroatoms. The number of halogens is 4. The van der Waals surface area contributed by atoms with E-state index in [-0.39, 0.29) is 11.2 Å². The standard InChI is InChI=1S/C16H14Cl3F/c1-9-5-12(20)6-10(2)16(9)15(19)8-11-3-4-13(17)14(18)7-11/h3-7,15H,8H2,1-2H3. The minimum Gasteiger partial charge on any atom is -0.207 e. The maximum absolute atomic E-state index is 13.3. The molecule has 1 atom stereocenters. The second-order valence-electron chi connectivity index (χ2n) is 4.87. The maximum atomic E-state index is 13.3. The van der Waals surface area contributed by atoms with Gasteiger partial charge in [-0.1, -0.05) is 29.3 Å². The van der Waals surface area contributed by atoms with Gasteiger partial charge < -0.3 is 0 Å². The number of rotatable bonds is 3. The van der Waals surface area contributed by atoms with E-state index in [0.29, 0.717) is 16.5 Å². The van der Waals surface area contributed by atoms with Crippen LogP contribution < -0.4 is 0 Å². The van der Waals surface area contributed by atoms with E-state index in [9.17, 15) is 4.39 Å². The summed E-state index contributed by atoms with van der Waals surface area (Å²) in [6.07, 6.45) is 0.617. The summed E-state index contributed by atoms with van der Waals surface area (Å²) in [5.74, 6) is -0.234. The zero-order valence-electron chi connectivity index (χ0n) is 11.2. The van der Waals surface area contributed by atoms with Gasteiger partial charge in [-0.05, 0) is 66.8 Å². The van der Waals surface area contributed by atoms with Gasteiger partial charge in [0.2, 0.25) is 0 Å². The fourth-order valence-corrected chi connectivity index (χ4v) is 3.23. The first-order valence-corrected chi connectivity index (χ1v) is 7.42. The van der Waals surface area contributed by atoms with Gasteiger partial charge in [0.05, 0.1) is 15.4 Å². The SMILES string of the molecule is Cc1cc(F)cc(C)c1C(Cl)Cc1ccc(Cl)c(Cl)c1. The van der Waals surface area contributed by atoms with Crippen LogP contribution in [-0.2, 0) is 6.42 Å². The lowest BCUT2D eigenvalue weighted by molar-refractivity contribution is 0.623. The molecule has 0 saturated heterocycles. The number of alkyl halides is 1. The highest BCUT2D eigenvalue weighted by molar-refractivity contribution is 6.42. The van der Waals surface area contributed by atoms with E-state index in [1.54, 1.807) is 6.07 Å². The van der Waals surface area contributed by atoms with Crippen molar-refractivity contribution in [2.75, 3.05) is 0 Å². The summed E-state index contributed by atoms with van der Waals surface area (Å²) in [6, 6.07) is 8.48. The molecular formula is C16H14Cl3F. The Balaban J connectivity index is 2.28. The van der Waals surface area contributed by atoms with Crippen molar-refractivity contribution >= 4 is 34.8 Å². The summed E-state index contributed by atoms with van der Waals surface area (Å²) in [7, 11) is 0. The number of hydrogen-bond donors (Lipinski definition) is 0. The molecule has 0 radical (unpaired) electrons. The Kier molecular flexibility index (Phi) is 4.95. The second kappa shape index (κ2) is 6.34. The van der Waals surface area contributed by atoms with E-state index < -0.39 is 0 Å². The van der Waals surface area contributed by atoms with Gasteiger partial charge in [-0.3, -0.25) is 0 Å². The molecule has 106 valence electrons. The van der Waals surface area contributed by atoms with Gasteiger partial charge in [-0.25, -0.2) is 4.39 Å². The molecule has 20 heavy (non-hydrogen) atoms. The minimum atomic E-state index is -0.234. The largest absolute Gasteiger partial charge is 0.207 e. The van der Waals surface area contributed by atoms with Gasteiger partial charge in [-0.2, -0.15) is 0 Å². The predicted octanol–water partition coefficient (Wildman–Crippen LogP) is 6.27. The van der Waals surface area contributed by atoms with E-state index >= 15 is 0 Å². The Morgan fingerprint density at radius 2 is 1.60 bits per heavy atom. The van der Waals surface area contributed by atoms with Gasteiger partial charge in [0, 0.05) is 0 Å². The first-order valence-electron chi connectivity index (χ1n) is 6.23. The molecule has 0 spiro atoms. The zero-order chi connectivity index (χ0) is 14.9. The molecule has 0 amide bonds. The molecule has 1 unspecified atom stereocenters. The van der Waals surface area contributed by atoms with Crippen LogP contribution in [0.15, 0.2) is 30.3 Å². The van der Waals surface area contributed by atoms with E-state index in [1.165, 1.54) is 12.1 Å². The average molecular weight is 332 g/mol. The summed E-state index contributed by atoms with van der Waals surface area (Å²) < 4.78 is 13.3. The first kappa shape index (κ1) is 15.6. The minimum absolute atomic E-state index is 0.229. The molecule has 0 N–H and O–H groups in total. The molecule has 2 aromatic carbocycles. The Bertz CT molecular complexity index is 615. The summed E-state index contributed by atoms with van der Waals surface area (Å²) >= 11 is 18.4. The first-order chi connectivity index (χ1) is 9.38. The quantitative estimate of drug-likeness (QED) is 0.581. The van der Waals surface area contributed by atoms with Crippen LogP contribution in [0.5, 0.6) is 0 Å². The topological polar surface area (TPSA) is 0 Å². The Morgan fingerprint density at radius 1 is 1.00 bits per heavy atom. The van der Waals surface area contributed by atoms with Crippen LogP contribution in [0.3, 0.4) is 0 Å². The van der Waals surface area contributed by atoms with Crippen molar-refractivity contribution in [2.45, 2.75) is 25.6 Å². The molecule has 0 bridgehead atoms. The highest BCUT2D eigenvalue weighted by atomic mass is 35.5. The average Bonchev–Trinajstić information content (AvgIpc) is 2.32. The van der Waals surface area contributed by atoms with Gasteiger partial charge >= 0.3 is 0 Å². The van der Waals surface area contributed by atoms with Crippen molar-refractivity contribution in [3.8, 4) is 0 Å². The van der Waals surface area contributed by atoms with Gasteiger partial charge in [0.1, 0.15) is 5.82 Å². The highest BCUT2D eigenvalue weighted by Crippen LogP contribution is 2.32. The van der Waals surface area contributed by atoms with Gasteiger partial charge in [-0.15, -0.1) is 11.6 Å². The lowest BCUT2D eigenvalue weighted by Gasteiger charge is -2.16. The third-order valence-electron chi connectivity index (χ3n) is 3.27. The molecule has 2 rings (SSSR count). The van der Waals surface area contributed by atoms with Crippen molar-refractivity contribution in [1.82, 2.24) is 0 Å². The molecule has 0 nitrogen and oxygen atoms in total. The molecule has 0 aromatic heterocycles. The van der Waals surface area contributed by atoms with Crippen molar-refractivity contribution in [3.05, 3.63) is 68.4 Å². The van der Waals surface area contributed by atoms with Crippen LogP contribution in [0.25, 0.3) is 0 Å². The fourth-order valence-electron chi connectivity index (χ4n) is 2.39. The monoisotopic (exact) mass is 330 g/mol. The molecule has 0 aliphatic heterocycles. The van der Waals surface area contributed by atoms with Crippen molar-refractivity contribution in [1.29, 1.82) is 0 Å². The second-order valence-corrected chi connectivity index (χ2v) is 6.21. The van der Waals surface area contributed by atoms with Crippen LogP contribution in [-0.4, -0.2) is 0 Å². The lowest BCUT2D eigenvalue weighted by Crippen LogP contribution is -2.02. The van der Waals surface area contributed by atoms with Gasteiger partial charge in [0.25, 0.3) is 0 Å². The number of hydrogen-bond acceptors (Lipinski definition) is 0. The van der Waals surface area contributed by atoms with Crippen LogP contribution in [0.1, 0.15) is 27.6 Å². The maximum Gasteiger partial charge on any atom is 0.123 e. The molecule has 0 saturated carbocycles. The molecule has 0 heterocycles. The van der Waals surface area contributed by atoms with E-state index in [1.807, 2.05) is 26.0 Å². The Hall–Kier alpha value is -0.760. The molecule has 2 aromatic rings. The van der Waals surface area contributed by atoms with Crippen LogP contribution in [0, 0.1) is 19.7 Å². The van der Waals surface area contributed by atoms with Crippen molar-refractivity contribution in [2.24, 2.45) is 0 Å². The third kappa shape index (κ3) is 3.46. The fraction of sp³-hybridized carbons (Fsp3) is 0.250. The van der Waals surface area contributed by atoms with E-state index in [0.717, 1.165) is 22.3 Å². The van der Waals surface area contributed by atoms with E-state index in [4.69, 9.17) is 34.8 Å². The van der Waals surface area contributed by atoms with E-state index in [2.05, 4.69) is 0 Å². The predicted molar refractivity (Wildman–Crippen MR) is 84.6 cm³/mol. The Morgan fingerprint density at radius 3 is 2.15 bits per heavy atom. The zero-order valence-corrected chi connectivity index (χ0v) is 13.5. The van der Waals surface area contributed by atoms with Crippen LogP contribution >= 0.6 is 34.8 Å². The number of benzene rings is 2. The van der Waals surface area contributed by atoms with Crippen LogP contribution in [0.4, 0.5) is 4.39 Å². The lowest BCUT2D eigenvalue weighted by atomic mass is 9.95. The number of aryl methyl sites for hydroxylation is 2. The summed E-state index contributed by atoms with van der Waals surface area (Å²) in [5, 5.41) is 0.809. The highest BCUT2D eigenvalue weighted by Gasteiger charge is 2.16. The Labute approximate surface area is 133 Å². The molecule has 0 fully saturated rings. The smallest absolute Gasteiger partial charge is 0.123 e. The summed E-state index contributed by atoms with van der Waals surface area (Å²) in [4.78, 5) is 0. The van der Waals surface area contributed by atoms with Crippen LogP contribution in [0.2, 0.25) is 10.0 Å². The normalized spacial score (nSPS) is 12.5.